The molecule has 2 aromatic rings. The van der Waals surface area contributed by atoms with E-state index in [2.05, 4.69) is 31.0 Å². The maximum absolute atomic E-state index is 6.00. The molecule has 2 rings (SSSR count). The molecule has 0 aromatic heterocycles. The first-order valence-corrected chi connectivity index (χ1v) is 7.22. The van der Waals surface area contributed by atoms with Gasteiger partial charge >= 0.3 is 0 Å². The van der Waals surface area contributed by atoms with Crippen molar-refractivity contribution in [1.29, 1.82) is 0 Å². The standard InChI is InChI=1S/C16H18Cl2N2/c1-11(12-3-6-14(17)7-4-12)20(2)10-13-5-8-15(18)9-16(13)19/h3-9,11H,10,19H2,1-2H3. The Hall–Kier alpha value is -1.22. The van der Waals surface area contributed by atoms with Crippen LogP contribution in [0.2, 0.25) is 10.0 Å². The van der Waals surface area contributed by atoms with Crippen molar-refractivity contribution in [3.8, 4) is 0 Å². The maximum Gasteiger partial charge on any atom is 0.0426 e. The largest absolute Gasteiger partial charge is 0.398 e. The lowest BCUT2D eigenvalue weighted by atomic mass is 10.1. The molecule has 0 spiro atoms. The Morgan fingerprint density at radius 1 is 1.05 bits per heavy atom. The summed E-state index contributed by atoms with van der Waals surface area (Å²) in [6, 6.07) is 13.8. The van der Waals surface area contributed by atoms with Gasteiger partial charge in [0.2, 0.25) is 0 Å². The van der Waals surface area contributed by atoms with Crippen LogP contribution in [0, 0.1) is 0 Å². The lowest BCUT2D eigenvalue weighted by Gasteiger charge is -2.25. The molecule has 0 saturated carbocycles. The second kappa shape index (κ2) is 6.49. The molecule has 0 heterocycles. The van der Waals surface area contributed by atoms with Gasteiger partial charge in [-0.2, -0.15) is 0 Å². The monoisotopic (exact) mass is 308 g/mol. The number of benzene rings is 2. The number of hydrogen-bond acceptors (Lipinski definition) is 2. The lowest BCUT2D eigenvalue weighted by Crippen LogP contribution is -2.22. The second-order valence-corrected chi connectivity index (χ2v) is 5.86. The Balaban J connectivity index is 2.11. The highest BCUT2D eigenvalue weighted by Gasteiger charge is 2.13. The van der Waals surface area contributed by atoms with E-state index in [9.17, 15) is 0 Å². The molecular formula is C16H18Cl2N2. The van der Waals surface area contributed by atoms with Crippen LogP contribution in [-0.2, 0) is 6.54 Å². The highest BCUT2D eigenvalue weighted by molar-refractivity contribution is 6.31. The van der Waals surface area contributed by atoms with Crippen LogP contribution in [0.5, 0.6) is 0 Å². The topological polar surface area (TPSA) is 29.3 Å². The third kappa shape index (κ3) is 3.66. The summed E-state index contributed by atoms with van der Waals surface area (Å²) in [5.41, 5.74) is 9.04. The first-order chi connectivity index (χ1) is 9.47. The predicted molar refractivity (Wildman–Crippen MR) is 87.2 cm³/mol. The van der Waals surface area contributed by atoms with Crippen molar-refractivity contribution in [3.63, 3.8) is 0 Å². The number of nitrogen functional groups attached to an aromatic ring is 1. The van der Waals surface area contributed by atoms with E-state index in [1.54, 1.807) is 6.07 Å². The molecule has 0 fully saturated rings. The number of nitrogens with zero attached hydrogens (tertiary/aromatic N) is 1. The summed E-state index contributed by atoms with van der Waals surface area (Å²) in [6.45, 7) is 2.93. The normalized spacial score (nSPS) is 12.7. The van der Waals surface area contributed by atoms with Gasteiger partial charge in [0, 0.05) is 28.3 Å². The fourth-order valence-corrected chi connectivity index (χ4v) is 2.42. The summed E-state index contributed by atoms with van der Waals surface area (Å²) >= 11 is 11.8. The van der Waals surface area contributed by atoms with Crippen molar-refractivity contribution < 1.29 is 0 Å². The summed E-state index contributed by atoms with van der Waals surface area (Å²) < 4.78 is 0. The van der Waals surface area contributed by atoms with Gasteiger partial charge < -0.3 is 5.73 Å². The summed E-state index contributed by atoms with van der Waals surface area (Å²) in [5.74, 6) is 0. The Morgan fingerprint density at radius 2 is 1.65 bits per heavy atom. The molecule has 106 valence electrons. The molecule has 0 aliphatic heterocycles. The van der Waals surface area contributed by atoms with E-state index in [4.69, 9.17) is 28.9 Å². The molecule has 2 aromatic carbocycles. The molecule has 0 aliphatic carbocycles. The summed E-state index contributed by atoms with van der Waals surface area (Å²) in [4.78, 5) is 2.24. The lowest BCUT2D eigenvalue weighted by molar-refractivity contribution is 0.253. The molecule has 0 bridgehead atoms. The van der Waals surface area contributed by atoms with Gasteiger partial charge in [0.05, 0.1) is 0 Å². The fourth-order valence-electron chi connectivity index (χ4n) is 2.11. The highest BCUT2D eigenvalue weighted by atomic mass is 35.5. The van der Waals surface area contributed by atoms with Crippen LogP contribution in [-0.4, -0.2) is 11.9 Å². The van der Waals surface area contributed by atoms with E-state index >= 15 is 0 Å². The van der Waals surface area contributed by atoms with E-state index < -0.39 is 0 Å². The number of halogens is 2. The minimum absolute atomic E-state index is 0.280. The molecule has 1 atom stereocenters. The van der Waals surface area contributed by atoms with Gasteiger partial charge in [-0.05, 0) is 49.4 Å². The SMILES string of the molecule is CC(c1ccc(Cl)cc1)N(C)Cc1ccc(Cl)cc1N. The molecule has 0 aliphatic rings. The van der Waals surface area contributed by atoms with Gasteiger partial charge in [-0.3, -0.25) is 4.90 Å². The molecule has 2 nitrogen and oxygen atoms in total. The molecule has 0 radical (unpaired) electrons. The minimum Gasteiger partial charge on any atom is -0.398 e. The van der Waals surface area contributed by atoms with Crippen LogP contribution < -0.4 is 5.73 Å². The fraction of sp³-hybridized carbons (Fsp3) is 0.250. The van der Waals surface area contributed by atoms with Crippen LogP contribution in [0.3, 0.4) is 0 Å². The molecule has 1 unspecified atom stereocenters. The highest BCUT2D eigenvalue weighted by Crippen LogP contribution is 2.25. The van der Waals surface area contributed by atoms with Crippen molar-refractivity contribution in [2.75, 3.05) is 12.8 Å². The molecule has 0 amide bonds. The van der Waals surface area contributed by atoms with Crippen LogP contribution in [0.25, 0.3) is 0 Å². The van der Waals surface area contributed by atoms with Crippen molar-refractivity contribution in [1.82, 2.24) is 4.90 Å². The molecular weight excluding hydrogens is 291 g/mol. The third-order valence-electron chi connectivity index (χ3n) is 3.54. The summed E-state index contributed by atoms with van der Waals surface area (Å²) in [6.07, 6.45) is 0. The molecule has 20 heavy (non-hydrogen) atoms. The van der Waals surface area contributed by atoms with Gasteiger partial charge in [-0.15, -0.1) is 0 Å². The van der Waals surface area contributed by atoms with E-state index in [0.717, 1.165) is 22.8 Å². The Morgan fingerprint density at radius 3 is 2.25 bits per heavy atom. The number of hydrogen-bond donors (Lipinski definition) is 1. The third-order valence-corrected chi connectivity index (χ3v) is 4.03. The minimum atomic E-state index is 0.280. The summed E-state index contributed by atoms with van der Waals surface area (Å²) in [7, 11) is 2.08. The van der Waals surface area contributed by atoms with Crippen LogP contribution in [0.1, 0.15) is 24.1 Å². The summed E-state index contributed by atoms with van der Waals surface area (Å²) in [5, 5.41) is 1.42. The number of nitrogens with two attached hydrogens (primary N) is 1. The zero-order valence-corrected chi connectivity index (χ0v) is 13.1. The van der Waals surface area contributed by atoms with E-state index in [0.29, 0.717) is 5.02 Å². The first kappa shape index (κ1) is 15.2. The van der Waals surface area contributed by atoms with Crippen LogP contribution >= 0.6 is 23.2 Å². The van der Waals surface area contributed by atoms with Crippen molar-refractivity contribution in [3.05, 3.63) is 63.6 Å². The van der Waals surface area contributed by atoms with Crippen LogP contribution in [0.4, 0.5) is 5.69 Å². The van der Waals surface area contributed by atoms with Gasteiger partial charge in [0.1, 0.15) is 0 Å². The van der Waals surface area contributed by atoms with E-state index in [1.807, 2.05) is 24.3 Å². The van der Waals surface area contributed by atoms with Crippen molar-refractivity contribution in [2.45, 2.75) is 19.5 Å². The van der Waals surface area contributed by atoms with Crippen molar-refractivity contribution >= 4 is 28.9 Å². The molecule has 2 N–H and O–H groups in total. The van der Waals surface area contributed by atoms with Gasteiger partial charge in [-0.1, -0.05) is 41.4 Å². The number of anilines is 1. The van der Waals surface area contributed by atoms with Crippen LogP contribution in [0.15, 0.2) is 42.5 Å². The predicted octanol–water partition coefficient (Wildman–Crippen LogP) is 4.77. The Kier molecular flexibility index (Phi) is 4.92. The average Bonchev–Trinajstić information content (AvgIpc) is 2.42. The van der Waals surface area contributed by atoms with Crippen molar-refractivity contribution in [2.24, 2.45) is 0 Å². The molecule has 0 saturated heterocycles. The van der Waals surface area contributed by atoms with Gasteiger partial charge in [0.25, 0.3) is 0 Å². The Labute approximate surface area is 130 Å². The number of rotatable bonds is 4. The second-order valence-electron chi connectivity index (χ2n) is 4.99. The first-order valence-electron chi connectivity index (χ1n) is 6.47. The average molecular weight is 309 g/mol. The smallest absolute Gasteiger partial charge is 0.0426 e. The van der Waals surface area contributed by atoms with E-state index in [1.165, 1.54) is 5.56 Å². The quantitative estimate of drug-likeness (QED) is 0.824. The molecule has 4 heteroatoms. The Bertz CT molecular complexity index is 582. The zero-order valence-electron chi connectivity index (χ0n) is 11.6. The zero-order chi connectivity index (χ0) is 14.7. The van der Waals surface area contributed by atoms with Gasteiger partial charge in [0.15, 0.2) is 0 Å². The van der Waals surface area contributed by atoms with Gasteiger partial charge in [-0.25, -0.2) is 0 Å². The van der Waals surface area contributed by atoms with E-state index in [-0.39, 0.29) is 6.04 Å². The maximum atomic E-state index is 6.00.